The lowest BCUT2D eigenvalue weighted by Gasteiger charge is -2.30. The number of benzene rings is 1. The van der Waals surface area contributed by atoms with E-state index in [9.17, 15) is 9.90 Å². The van der Waals surface area contributed by atoms with Gasteiger partial charge in [0.25, 0.3) is 0 Å². The Kier molecular flexibility index (Phi) is 5.49. The lowest BCUT2D eigenvalue weighted by atomic mass is 9.94. The lowest BCUT2D eigenvalue weighted by molar-refractivity contribution is -0.146. The molecular weight excluding hydrogens is 440 g/mol. The zero-order valence-corrected chi connectivity index (χ0v) is 17.9. The van der Waals surface area contributed by atoms with E-state index in [1.54, 1.807) is 16.8 Å². The minimum Gasteiger partial charge on any atom is -0.503 e. The number of nitrogens with zero attached hydrogens (tertiary/aromatic N) is 3. The van der Waals surface area contributed by atoms with Crippen LogP contribution >= 0.6 is 15.9 Å². The number of aromatic nitrogens is 3. The highest BCUT2D eigenvalue weighted by atomic mass is 79.9. The first-order valence-corrected chi connectivity index (χ1v) is 10.4. The summed E-state index contributed by atoms with van der Waals surface area (Å²) < 4.78 is 13.3. The van der Waals surface area contributed by atoms with Gasteiger partial charge in [-0.2, -0.15) is 10.1 Å². The third-order valence-corrected chi connectivity index (χ3v) is 6.03. The summed E-state index contributed by atoms with van der Waals surface area (Å²) in [4.78, 5) is 17.5. The number of esters is 1. The molecule has 0 radical (unpaired) electrons. The molecule has 1 fully saturated rings. The molecule has 2 heterocycles. The van der Waals surface area contributed by atoms with Gasteiger partial charge in [-0.25, -0.2) is 9.48 Å². The average Bonchev–Trinajstić information content (AvgIpc) is 3.17. The number of fused-ring (bicyclic) bond motifs is 1. The summed E-state index contributed by atoms with van der Waals surface area (Å²) in [5, 5.41) is 17.7. The maximum atomic E-state index is 13.2. The molecule has 1 atom stereocenters. The van der Waals surface area contributed by atoms with Crippen molar-refractivity contribution >= 4 is 27.8 Å². The highest BCUT2D eigenvalue weighted by molar-refractivity contribution is 9.10. The molecule has 4 rings (SSSR count). The fraction of sp³-hybridized carbons (Fsp3) is 0.450. The predicted molar refractivity (Wildman–Crippen MR) is 110 cm³/mol. The number of allylic oxidation sites excluding steroid dienone is 1. The number of phenols is 1. The maximum absolute atomic E-state index is 13.2. The monoisotopic (exact) mass is 462 g/mol. The van der Waals surface area contributed by atoms with Crippen LogP contribution < -0.4 is 10.1 Å². The molecule has 9 heteroatoms. The van der Waals surface area contributed by atoms with Crippen LogP contribution in [-0.2, 0) is 9.53 Å². The molecule has 1 aliphatic carbocycles. The SMILES string of the molecule is COc1cc(C2C(C(=O)OC3CCCCC3)=C(C)Nc3ncnn32)cc(Br)c1O. The van der Waals surface area contributed by atoms with Crippen molar-refractivity contribution in [1.29, 1.82) is 0 Å². The number of hydrogen-bond acceptors (Lipinski definition) is 7. The molecule has 1 aliphatic heterocycles. The summed E-state index contributed by atoms with van der Waals surface area (Å²) in [7, 11) is 1.48. The number of halogens is 1. The molecule has 0 saturated heterocycles. The van der Waals surface area contributed by atoms with Crippen LogP contribution in [0.5, 0.6) is 11.5 Å². The van der Waals surface area contributed by atoms with Gasteiger partial charge in [0.15, 0.2) is 11.5 Å². The highest BCUT2D eigenvalue weighted by Gasteiger charge is 2.36. The molecule has 0 amide bonds. The van der Waals surface area contributed by atoms with Gasteiger partial charge in [-0.1, -0.05) is 6.42 Å². The van der Waals surface area contributed by atoms with Crippen LogP contribution in [0.1, 0.15) is 50.6 Å². The number of hydrogen-bond donors (Lipinski definition) is 2. The summed E-state index contributed by atoms with van der Waals surface area (Å²) >= 11 is 3.36. The second kappa shape index (κ2) is 8.06. The van der Waals surface area contributed by atoms with Crippen LogP contribution in [0, 0.1) is 0 Å². The van der Waals surface area contributed by atoms with Gasteiger partial charge in [-0.15, -0.1) is 0 Å². The summed E-state index contributed by atoms with van der Waals surface area (Å²) in [6, 6.07) is 2.89. The lowest BCUT2D eigenvalue weighted by Crippen LogP contribution is -2.32. The smallest absolute Gasteiger partial charge is 0.338 e. The zero-order chi connectivity index (χ0) is 20.5. The average molecular weight is 463 g/mol. The van der Waals surface area contributed by atoms with Crippen molar-refractivity contribution in [2.45, 2.75) is 51.2 Å². The molecule has 2 aromatic rings. The topological polar surface area (TPSA) is 98.5 Å². The molecule has 29 heavy (non-hydrogen) atoms. The molecular formula is C20H23BrN4O4. The molecule has 2 aliphatic rings. The molecule has 0 spiro atoms. The molecule has 154 valence electrons. The Bertz CT molecular complexity index is 965. The van der Waals surface area contributed by atoms with E-state index in [0.717, 1.165) is 31.2 Å². The Morgan fingerprint density at radius 3 is 2.79 bits per heavy atom. The Labute approximate surface area is 177 Å². The number of rotatable bonds is 4. The van der Waals surface area contributed by atoms with Gasteiger partial charge in [0, 0.05) is 5.70 Å². The van der Waals surface area contributed by atoms with Gasteiger partial charge in [0.05, 0.1) is 17.2 Å². The quantitative estimate of drug-likeness (QED) is 0.664. The highest BCUT2D eigenvalue weighted by Crippen LogP contribution is 2.42. The third kappa shape index (κ3) is 3.71. The Morgan fingerprint density at radius 1 is 1.31 bits per heavy atom. The number of phenolic OH excluding ortho intramolecular Hbond substituents is 1. The largest absolute Gasteiger partial charge is 0.503 e. The van der Waals surface area contributed by atoms with Crippen LogP contribution in [0.25, 0.3) is 0 Å². The summed E-state index contributed by atoms with van der Waals surface area (Å²) in [6.07, 6.45) is 6.50. The van der Waals surface area contributed by atoms with Crippen LogP contribution in [0.3, 0.4) is 0 Å². The van der Waals surface area contributed by atoms with Gasteiger partial charge in [0.1, 0.15) is 18.5 Å². The van der Waals surface area contributed by atoms with Crippen molar-refractivity contribution in [2.24, 2.45) is 0 Å². The molecule has 8 nitrogen and oxygen atoms in total. The first kappa shape index (κ1) is 19.8. The van der Waals surface area contributed by atoms with E-state index in [1.165, 1.54) is 19.9 Å². The van der Waals surface area contributed by atoms with Gasteiger partial charge in [0.2, 0.25) is 5.95 Å². The molecule has 0 bridgehead atoms. The minimum absolute atomic E-state index is 0.00367. The van der Waals surface area contributed by atoms with Crippen LogP contribution in [-0.4, -0.2) is 39.1 Å². The number of anilines is 1. The number of nitrogens with one attached hydrogen (secondary N) is 1. The van der Waals surface area contributed by atoms with E-state index in [0.29, 0.717) is 27.4 Å². The van der Waals surface area contributed by atoms with Gasteiger partial charge in [-0.05, 0) is 66.2 Å². The van der Waals surface area contributed by atoms with Crippen molar-refractivity contribution in [1.82, 2.24) is 14.8 Å². The van der Waals surface area contributed by atoms with Crippen molar-refractivity contribution in [3.63, 3.8) is 0 Å². The Morgan fingerprint density at radius 2 is 2.07 bits per heavy atom. The van der Waals surface area contributed by atoms with Gasteiger partial charge < -0.3 is 19.9 Å². The van der Waals surface area contributed by atoms with E-state index in [1.807, 2.05) is 6.92 Å². The normalized spacial score (nSPS) is 19.5. The number of ether oxygens (including phenoxy) is 2. The van der Waals surface area contributed by atoms with Crippen LogP contribution in [0.2, 0.25) is 0 Å². The number of aromatic hydroxyl groups is 1. The van der Waals surface area contributed by atoms with E-state index in [4.69, 9.17) is 9.47 Å². The number of carbonyl (C=O) groups excluding carboxylic acids is 1. The minimum atomic E-state index is -0.560. The third-order valence-electron chi connectivity index (χ3n) is 5.43. The fourth-order valence-corrected chi connectivity index (χ4v) is 4.43. The Hall–Kier alpha value is -2.55. The van der Waals surface area contributed by atoms with Gasteiger partial charge >= 0.3 is 5.97 Å². The van der Waals surface area contributed by atoms with Crippen molar-refractivity contribution in [2.75, 3.05) is 12.4 Å². The zero-order valence-electron chi connectivity index (χ0n) is 16.3. The predicted octanol–water partition coefficient (Wildman–Crippen LogP) is 3.92. The number of carbonyl (C=O) groups is 1. The molecule has 1 saturated carbocycles. The van der Waals surface area contributed by atoms with Crippen molar-refractivity contribution < 1.29 is 19.4 Å². The molecule has 2 N–H and O–H groups in total. The summed E-state index contributed by atoms with van der Waals surface area (Å²) in [5.74, 6) is 0.462. The second-order valence-electron chi connectivity index (χ2n) is 7.31. The standard InChI is InChI=1S/C20H23BrN4O4/c1-11-16(19(27)29-13-6-4-3-5-7-13)17(25-20(24-11)22-10-23-25)12-8-14(21)18(26)15(9-12)28-2/h8-10,13,17,26H,3-7H2,1-2H3,(H,22,23,24). The van der Waals surface area contributed by atoms with Crippen molar-refractivity contribution in [3.8, 4) is 11.5 Å². The van der Waals surface area contributed by atoms with Crippen LogP contribution in [0.15, 0.2) is 34.2 Å². The second-order valence-corrected chi connectivity index (χ2v) is 8.17. The van der Waals surface area contributed by atoms with Gasteiger partial charge in [-0.3, -0.25) is 0 Å². The molecule has 1 unspecified atom stereocenters. The fourth-order valence-electron chi connectivity index (χ4n) is 3.97. The molecule has 1 aromatic carbocycles. The summed E-state index contributed by atoms with van der Waals surface area (Å²) in [5.41, 5.74) is 1.85. The van der Waals surface area contributed by atoms with E-state index >= 15 is 0 Å². The van der Waals surface area contributed by atoms with E-state index in [2.05, 4.69) is 31.3 Å². The first-order chi connectivity index (χ1) is 14.0. The molecule has 1 aromatic heterocycles. The maximum Gasteiger partial charge on any atom is 0.338 e. The van der Waals surface area contributed by atoms with E-state index in [-0.39, 0.29) is 17.8 Å². The Balaban J connectivity index is 1.76. The van der Waals surface area contributed by atoms with E-state index < -0.39 is 6.04 Å². The number of methoxy groups -OCH3 is 1. The van der Waals surface area contributed by atoms with Crippen molar-refractivity contribution in [3.05, 3.63) is 39.8 Å². The summed E-state index contributed by atoms with van der Waals surface area (Å²) in [6.45, 7) is 1.83. The van der Waals surface area contributed by atoms with Crippen LogP contribution in [0.4, 0.5) is 5.95 Å². The first-order valence-electron chi connectivity index (χ1n) is 9.64.